The number of carbonyl (C=O) groups is 1. The van der Waals surface area contributed by atoms with Crippen LogP contribution in [0.3, 0.4) is 0 Å². The van der Waals surface area contributed by atoms with Crippen LogP contribution in [0.5, 0.6) is 5.75 Å². The number of rotatable bonds is 6. The molecule has 0 spiro atoms. The molecule has 0 atom stereocenters. The van der Waals surface area contributed by atoms with Crippen molar-refractivity contribution in [2.75, 3.05) is 13.7 Å². The number of esters is 1. The first kappa shape index (κ1) is 15.3. The number of methoxy groups -OCH3 is 1. The normalized spacial score (nSPS) is 10.6. The summed E-state index contributed by atoms with van der Waals surface area (Å²) in [7, 11) is 1.33. The van der Waals surface area contributed by atoms with E-state index in [1.54, 1.807) is 6.92 Å². The van der Waals surface area contributed by atoms with E-state index in [-0.39, 0.29) is 30.9 Å². The van der Waals surface area contributed by atoms with E-state index < -0.39 is 18.1 Å². The molecule has 7 heteroatoms. The molecule has 0 aromatic carbocycles. The second kappa shape index (κ2) is 6.98. The topological polar surface area (TPSA) is 74.4 Å². The number of carbonyl (C=O) groups excluding carboxylic acids is 1. The second-order valence-electron chi connectivity index (χ2n) is 3.67. The number of alkyl halides is 2. The minimum atomic E-state index is -2.80. The van der Waals surface area contributed by atoms with Gasteiger partial charge < -0.3 is 15.2 Å². The standard InChI is InChI=1S/C12H16F2N2O3/c1-3-19-9(17)4-8-10(12(13)14)16-6-7(5-15)11(8)18-2/h6,12H,3-5,15H2,1-2H3. The summed E-state index contributed by atoms with van der Waals surface area (Å²) in [6.45, 7) is 1.89. The summed E-state index contributed by atoms with van der Waals surface area (Å²) < 4.78 is 35.7. The van der Waals surface area contributed by atoms with E-state index in [2.05, 4.69) is 4.98 Å². The summed E-state index contributed by atoms with van der Waals surface area (Å²) in [4.78, 5) is 15.1. The molecule has 0 aliphatic carbocycles. The Balaban J connectivity index is 3.25. The number of pyridine rings is 1. The lowest BCUT2D eigenvalue weighted by atomic mass is 10.1. The van der Waals surface area contributed by atoms with Crippen LogP contribution in [0.1, 0.15) is 30.2 Å². The zero-order chi connectivity index (χ0) is 14.4. The molecule has 5 nitrogen and oxygen atoms in total. The van der Waals surface area contributed by atoms with Crippen molar-refractivity contribution >= 4 is 5.97 Å². The van der Waals surface area contributed by atoms with Crippen LogP contribution in [0.2, 0.25) is 0 Å². The van der Waals surface area contributed by atoms with Crippen LogP contribution in [-0.4, -0.2) is 24.7 Å². The van der Waals surface area contributed by atoms with Gasteiger partial charge in [-0.05, 0) is 6.92 Å². The van der Waals surface area contributed by atoms with Gasteiger partial charge in [-0.1, -0.05) is 0 Å². The molecule has 1 rings (SSSR count). The molecule has 0 saturated heterocycles. The summed E-state index contributed by atoms with van der Waals surface area (Å²) in [5.41, 5.74) is 5.49. The molecule has 0 aliphatic heterocycles. The monoisotopic (exact) mass is 274 g/mol. The lowest BCUT2D eigenvalue weighted by Crippen LogP contribution is -2.14. The highest BCUT2D eigenvalue weighted by Crippen LogP contribution is 2.31. The number of hydrogen-bond acceptors (Lipinski definition) is 5. The van der Waals surface area contributed by atoms with Crippen LogP contribution in [-0.2, 0) is 22.5 Å². The Hall–Kier alpha value is -1.76. The van der Waals surface area contributed by atoms with Gasteiger partial charge in [0.15, 0.2) is 0 Å². The lowest BCUT2D eigenvalue weighted by Gasteiger charge is -2.15. The fourth-order valence-corrected chi connectivity index (χ4v) is 1.71. The van der Waals surface area contributed by atoms with Crippen molar-refractivity contribution in [2.45, 2.75) is 26.3 Å². The molecule has 0 aliphatic rings. The Bertz CT molecular complexity index is 453. The third-order valence-corrected chi connectivity index (χ3v) is 2.49. The van der Waals surface area contributed by atoms with Crippen molar-refractivity contribution in [3.05, 3.63) is 23.0 Å². The summed E-state index contributed by atoms with van der Waals surface area (Å²) in [6.07, 6.45) is -1.89. The highest BCUT2D eigenvalue weighted by Gasteiger charge is 2.23. The third kappa shape index (κ3) is 3.60. The Kier molecular flexibility index (Phi) is 5.62. The fourth-order valence-electron chi connectivity index (χ4n) is 1.71. The van der Waals surface area contributed by atoms with Crippen LogP contribution in [0.15, 0.2) is 6.20 Å². The predicted molar refractivity (Wildman–Crippen MR) is 64.0 cm³/mol. The van der Waals surface area contributed by atoms with Gasteiger partial charge in [0.1, 0.15) is 11.4 Å². The maximum Gasteiger partial charge on any atom is 0.310 e. The summed E-state index contributed by atoms with van der Waals surface area (Å²) in [5, 5.41) is 0. The van der Waals surface area contributed by atoms with Crippen LogP contribution in [0.4, 0.5) is 8.78 Å². The van der Waals surface area contributed by atoms with Gasteiger partial charge >= 0.3 is 5.97 Å². The minimum absolute atomic E-state index is 0.0268. The molecule has 106 valence electrons. The predicted octanol–water partition coefficient (Wildman–Crippen LogP) is 1.59. The van der Waals surface area contributed by atoms with E-state index in [1.165, 1.54) is 13.3 Å². The highest BCUT2D eigenvalue weighted by molar-refractivity contribution is 5.74. The number of halogens is 2. The quantitative estimate of drug-likeness (QED) is 0.797. The maximum atomic E-state index is 12.9. The van der Waals surface area contributed by atoms with Gasteiger partial charge in [0.05, 0.1) is 20.1 Å². The fraction of sp³-hybridized carbons (Fsp3) is 0.500. The number of hydrogen-bond donors (Lipinski definition) is 1. The molecule has 0 bridgehead atoms. The molecule has 1 aromatic heterocycles. The van der Waals surface area contributed by atoms with Gasteiger partial charge in [0.25, 0.3) is 6.43 Å². The molecule has 1 heterocycles. The SMILES string of the molecule is CCOC(=O)Cc1c(C(F)F)ncc(CN)c1OC. The zero-order valence-electron chi connectivity index (χ0n) is 10.8. The first-order valence-electron chi connectivity index (χ1n) is 5.73. The van der Waals surface area contributed by atoms with Crippen LogP contribution in [0, 0.1) is 0 Å². The third-order valence-electron chi connectivity index (χ3n) is 2.49. The molecule has 0 amide bonds. The maximum absolute atomic E-state index is 12.9. The molecule has 19 heavy (non-hydrogen) atoms. The van der Waals surface area contributed by atoms with Gasteiger partial charge in [0, 0.05) is 23.9 Å². The van der Waals surface area contributed by atoms with Gasteiger partial charge in [-0.2, -0.15) is 0 Å². The van der Waals surface area contributed by atoms with Crippen LogP contribution in [0.25, 0.3) is 0 Å². The van der Waals surface area contributed by atoms with Gasteiger partial charge in [-0.25, -0.2) is 8.78 Å². The number of nitrogens with two attached hydrogens (primary N) is 1. The molecular formula is C12H16F2N2O3. The Morgan fingerprint density at radius 2 is 2.21 bits per heavy atom. The first-order valence-corrected chi connectivity index (χ1v) is 5.73. The number of ether oxygens (including phenoxy) is 2. The van der Waals surface area contributed by atoms with Crippen molar-refractivity contribution in [3.63, 3.8) is 0 Å². The molecule has 0 unspecified atom stereocenters. The highest BCUT2D eigenvalue weighted by atomic mass is 19.3. The molecule has 0 radical (unpaired) electrons. The molecule has 0 fully saturated rings. The van der Waals surface area contributed by atoms with Gasteiger partial charge in [-0.3, -0.25) is 9.78 Å². The van der Waals surface area contributed by atoms with Crippen molar-refractivity contribution in [1.29, 1.82) is 0 Å². The number of aromatic nitrogens is 1. The average Bonchev–Trinajstić information content (AvgIpc) is 2.37. The van der Waals surface area contributed by atoms with E-state index in [0.717, 1.165) is 0 Å². The molecule has 0 saturated carbocycles. The van der Waals surface area contributed by atoms with Crippen molar-refractivity contribution in [1.82, 2.24) is 4.98 Å². The Labute approximate surface area is 109 Å². The summed E-state index contributed by atoms with van der Waals surface area (Å²) in [5.74, 6) is -0.445. The second-order valence-corrected chi connectivity index (χ2v) is 3.67. The largest absolute Gasteiger partial charge is 0.496 e. The molecule has 1 aromatic rings. The van der Waals surface area contributed by atoms with Gasteiger partial charge in [0.2, 0.25) is 0 Å². The smallest absolute Gasteiger partial charge is 0.310 e. The Morgan fingerprint density at radius 1 is 1.53 bits per heavy atom. The summed E-state index contributed by atoms with van der Waals surface area (Å²) in [6, 6.07) is 0. The van der Waals surface area contributed by atoms with E-state index >= 15 is 0 Å². The Morgan fingerprint density at radius 3 is 2.68 bits per heavy atom. The van der Waals surface area contributed by atoms with E-state index in [0.29, 0.717) is 5.56 Å². The lowest BCUT2D eigenvalue weighted by molar-refractivity contribution is -0.142. The number of nitrogens with zero attached hydrogens (tertiary/aromatic N) is 1. The van der Waals surface area contributed by atoms with E-state index in [4.69, 9.17) is 15.2 Å². The molecular weight excluding hydrogens is 258 g/mol. The zero-order valence-corrected chi connectivity index (χ0v) is 10.8. The minimum Gasteiger partial charge on any atom is -0.496 e. The van der Waals surface area contributed by atoms with E-state index in [9.17, 15) is 13.6 Å². The van der Waals surface area contributed by atoms with E-state index in [1.807, 2.05) is 0 Å². The van der Waals surface area contributed by atoms with Crippen molar-refractivity contribution in [2.24, 2.45) is 5.73 Å². The van der Waals surface area contributed by atoms with Crippen LogP contribution < -0.4 is 10.5 Å². The van der Waals surface area contributed by atoms with Crippen molar-refractivity contribution < 1.29 is 23.0 Å². The van der Waals surface area contributed by atoms with Crippen molar-refractivity contribution in [3.8, 4) is 5.75 Å². The first-order chi connectivity index (χ1) is 9.04. The average molecular weight is 274 g/mol. The van der Waals surface area contributed by atoms with Crippen LogP contribution >= 0.6 is 0 Å². The molecule has 2 N–H and O–H groups in total. The van der Waals surface area contributed by atoms with Gasteiger partial charge in [-0.15, -0.1) is 0 Å². The summed E-state index contributed by atoms with van der Waals surface area (Å²) >= 11 is 0.